The Bertz CT molecular complexity index is 597. The Morgan fingerprint density at radius 2 is 1.55 bits per heavy atom. The Morgan fingerprint density at radius 3 is 2.15 bits per heavy atom. The van der Waals surface area contributed by atoms with Crippen molar-refractivity contribution >= 4 is 11.3 Å². The summed E-state index contributed by atoms with van der Waals surface area (Å²) in [5.41, 5.74) is 5.53. The van der Waals surface area contributed by atoms with Crippen molar-refractivity contribution in [2.24, 2.45) is 0 Å². The molecule has 1 N–H and O–H groups in total. The van der Waals surface area contributed by atoms with Crippen molar-refractivity contribution in [3.8, 4) is 0 Å². The summed E-state index contributed by atoms with van der Waals surface area (Å²) in [4.78, 5) is 2.82. The molecule has 0 fully saturated rings. The molecule has 0 aliphatic rings. The van der Waals surface area contributed by atoms with Gasteiger partial charge in [0.1, 0.15) is 0 Å². The number of hydrogen-bond donors (Lipinski definition) is 1. The molecule has 1 aromatic heterocycles. The molecular weight excluding hydrogens is 262 g/mol. The largest absolute Gasteiger partial charge is 0.304 e. The van der Waals surface area contributed by atoms with Crippen LogP contribution in [0.15, 0.2) is 24.3 Å². The van der Waals surface area contributed by atoms with Crippen LogP contribution in [0.1, 0.15) is 57.9 Å². The van der Waals surface area contributed by atoms with Gasteiger partial charge in [-0.25, -0.2) is 0 Å². The molecule has 2 heteroatoms. The molecule has 1 heterocycles. The van der Waals surface area contributed by atoms with Crippen LogP contribution in [0.25, 0.3) is 0 Å². The molecule has 1 aromatic carbocycles. The summed E-state index contributed by atoms with van der Waals surface area (Å²) < 4.78 is 0. The van der Waals surface area contributed by atoms with E-state index in [4.69, 9.17) is 0 Å². The lowest BCUT2D eigenvalue weighted by atomic mass is 9.98. The second kappa shape index (κ2) is 6.11. The van der Waals surface area contributed by atoms with Crippen molar-refractivity contribution in [1.82, 2.24) is 5.32 Å². The van der Waals surface area contributed by atoms with Crippen molar-refractivity contribution in [2.45, 2.75) is 53.6 Å². The molecule has 20 heavy (non-hydrogen) atoms. The summed E-state index contributed by atoms with van der Waals surface area (Å²) in [6, 6.07) is 9.76. The van der Waals surface area contributed by atoms with Crippen LogP contribution in [0.3, 0.4) is 0 Å². The van der Waals surface area contributed by atoms with E-state index in [9.17, 15) is 0 Å². The predicted molar refractivity (Wildman–Crippen MR) is 89.7 cm³/mol. The molecule has 0 aliphatic carbocycles. The van der Waals surface area contributed by atoms with Crippen molar-refractivity contribution < 1.29 is 0 Å². The van der Waals surface area contributed by atoms with Gasteiger partial charge in [-0.05, 0) is 64.3 Å². The van der Waals surface area contributed by atoms with E-state index in [-0.39, 0.29) is 0 Å². The van der Waals surface area contributed by atoms with Crippen molar-refractivity contribution in [3.63, 3.8) is 0 Å². The first kappa shape index (κ1) is 15.3. The summed E-state index contributed by atoms with van der Waals surface area (Å²) in [6.45, 7) is 13.3. The molecule has 1 nitrogen and oxygen atoms in total. The highest BCUT2D eigenvalue weighted by molar-refractivity contribution is 7.12. The van der Waals surface area contributed by atoms with E-state index in [1.807, 2.05) is 11.3 Å². The van der Waals surface area contributed by atoms with Crippen LogP contribution in [0.5, 0.6) is 0 Å². The van der Waals surface area contributed by atoms with E-state index < -0.39 is 0 Å². The number of rotatable bonds is 4. The lowest BCUT2D eigenvalue weighted by molar-refractivity contribution is 0.492. The summed E-state index contributed by atoms with van der Waals surface area (Å²) in [7, 11) is 0. The number of aryl methyl sites for hydroxylation is 4. The molecule has 0 amide bonds. The van der Waals surface area contributed by atoms with Crippen LogP contribution < -0.4 is 5.32 Å². The Kier molecular flexibility index (Phi) is 4.66. The van der Waals surface area contributed by atoms with Crippen LogP contribution in [0, 0.1) is 27.7 Å². The average molecular weight is 287 g/mol. The molecule has 0 saturated heterocycles. The smallest absolute Gasteiger partial charge is 0.0308 e. The van der Waals surface area contributed by atoms with Gasteiger partial charge in [0, 0.05) is 21.8 Å². The third-order valence-corrected chi connectivity index (χ3v) is 4.93. The fraction of sp³-hybridized carbons (Fsp3) is 0.444. The maximum atomic E-state index is 3.74. The number of hydrogen-bond acceptors (Lipinski definition) is 2. The maximum absolute atomic E-state index is 3.74. The minimum Gasteiger partial charge on any atom is -0.304 e. The van der Waals surface area contributed by atoms with E-state index in [1.165, 1.54) is 32.0 Å². The minimum absolute atomic E-state index is 0.365. The first-order valence-electron chi connectivity index (χ1n) is 7.28. The maximum Gasteiger partial charge on any atom is 0.0308 e. The van der Waals surface area contributed by atoms with Gasteiger partial charge in [-0.15, -0.1) is 11.3 Å². The van der Waals surface area contributed by atoms with Crippen molar-refractivity contribution in [3.05, 3.63) is 56.3 Å². The Hall–Kier alpha value is -1.12. The third-order valence-electron chi connectivity index (χ3n) is 3.95. The highest BCUT2D eigenvalue weighted by Gasteiger charge is 2.15. The van der Waals surface area contributed by atoms with E-state index in [2.05, 4.69) is 71.1 Å². The van der Waals surface area contributed by atoms with Gasteiger partial charge in [-0.1, -0.05) is 23.8 Å². The quantitative estimate of drug-likeness (QED) is 0.794. The minimum atomic E-state index is 0.365. The van der Waals surface area contributed by atoms with Crippen molar-refractivity contribution in [1.29, 1.82) is 0 Å². The molecular formula is C18H25NS. The SMILES string of the molecule is Cc1ccc(C)c(C(C)NC(C)c2cc(C)sc2C)c1. The van der Waals surface area contributed by atoms with E-state index in [0.717, 1.165) is 0 Å². The van der Waals surface area contributed by atoms with Crippen LogP contribution in [-0.2, 0) is 0 Å². The molecule has 2 aromatic rings. The Labute approximate surface area is 127 Å². The summed E-state index contributed by atoms with van der Waals surface area (Å²) in [5.74, 6) is 0. The van der Waals surface area contributed by atoms with Gasteiger partial charge in [0.25, 0.3) is 0 Å². The van der Waals surface area contributed by atoms with Crippen LogP contribution in [-0.4, -0.2) is 0 Å². The molecule has 2 rings (SSSR count). The average Bonchev–Trinajstić information content (AvgIpc) is 2.71. The van der Waals surface area contributed by atoms with Gasteiger partial charge in [0.2, 0.25) is 0 Å². The number of nitrogens with one attached hydrogen (secondary N) is 1. The molecule has 0 saturated carbocycles. The first-order chi connectivity index (χ1) is 9.38. The monoisotopic (exact) mass is 287 g/mol. The lowest BCUT2D eigenvalue weighted by Crippen LogP contribution is -2.23. The second-order valence-corrected chi connectivity index (χ2v) is 7.30. The molecule has 0 spiro atoms. The van der Waals surface area contributed by atoms with Gasteiger partial charge in [-0.2, -0.15) is 0 Å². The van der Waals surface area contributed by atoms with Gasteiger partial charge in [0.05, 0.1) is 0 Å². The third kappa shape index (κ3) is 3.31. The van der Waals surface area contributed by atoms with Crippen LogP contribution >= 0.6 is 11.3 Å². The Morgan fingerprint density at radius 1 is 0.900 bits per heavy atom. The Balaban J connectivity index is 2.17. The van der Waals surface area contributed by atoms with Gasteiger partial charge < -0.3 is 5.32 Å². The zero-order valence-electron chi connectivity index (χ0n) is 13.4. The van der Waals surface area contributed by atoms with E-state index in [0.29, 0.717) is 12.1 Å². The summed E-state index contributed by atoms with van der Waals surface area (Å²) >= 11 is 1.89. The fourth-order valence-electron chi connectivity index (χ4n) is 2.86. The van der Waals surface area contributed by atoms with Gasteiger partial charge >= 0.3 is 0 Å². The predicted octanol–water partition coefficient (Wildman–Crippen LogP) is 5.39. The summed E-state index contributed by atoms with van der Waals surface area (Å²) in [5, 5.41) is 3.74. The lowest BCUT2D eigenvalue weighted by Gasteiger charge is -2.22. The van der Waals surface area contributed by atoms with E-state index >= 15 is 0 Å². The van der Waals surface area contributed by atoms with Gasteiger partial charge in [0.15, 0.2) is 0 Å². The standard InChI is InChI=1S/C18H25NS/c1-11-7-8-12(2)17(9-11)14(4)19-15(5)18-10-13(3)20-16(18)6/h7-10,14-15,19H,1-6H3. The fourth-order valence-corrected chi connectivity index (χ4v) is 3.88. The molecule has 0 aliphatic heterocycles. The normalized spacial score (nSPS) is 14.3. The highest BCUT2D eigenvalue weighted by atomic mass is 32.1. The number of benzene rings is 1. The zero-order valence-corrected chi connectivity index (χ0v) is 14.2. The topological polar surface area (TPSA) is 12.0 Å². The van der Waals surface area contributed by atoms with Crippen molar-refractivity contribution in [2.75, 3.05) is 0 Å². The zero-order chi connectivity index (χ0) is 14.9. The number of thiophene rings is 1. The molecule has 2 unspecified atom stereocenters. The van der Waals surface area contributed by atoms with Crippen LogP contribution in [0.4, 0.5) is 0 Å². The molecule has 0 bridgehead atoms. The molecule has 0 radical (unpaired) electrons. The first-order valence-corrected chi connectivity index (χ1v) is 8.10. The second-order valence-electron chi connectivity index (χ2n) is 5.84. The summed E-state index contributed by atoms with van der Waals surface area (Å²) in [6.07, 6.45) is 0. The van der Waals surface area contributed by atoms with Crippen LogP contribution in [0.2, 0.25) is 0 Å². The van der Waals surface area contributed by atoms with E-state index in [1.54, 1.807) is 0 Å². The van der Waals surface area contributed by atoms with Gasteiger partial charge in [-0.3, -0.25) is 0 Å². The molecule has 108 valence electrons. The highest BCUT2D eigenvalue weighted by Crippen LogP contribution is 2.28. The molecule has 2 atom stereocenters.